The molecule has 0 saturated carbocycles. The Morgan fingerprint density at radius 2 is 1.09 bits per heavy atom. The van der Waals surface area contributed by atoms with Gasteiger partial charge in [-0.25, -0.2) is 16.8 Å². The topological polar surface area (TPSA) is 205 Å². The molecule has 17 heteroatoms. The number of carboxylic acid groups (broad SMARTS) is 2. The van der Waals surface area contributed by atoms with Crippen molar-refractivity contribution in [1.82, 2.24) is 4.90 Å². The molecule has 0 fully saturated rings. The van der Waals surface area contributed by atoms with Gasteiger partial charge in [0, 0.05) is 17.3 Å². The van der Waals surface area contributed by atoms with Crippen molar-refractivity contribution in [2.45, 2.75) is 22.6 Å². The van der Waals surface area contributed by atoms with Gasteiger partial charge >= 0.3 is 11.9 Å². The number of carboxylic acids is 2. The van der Waals surface area contributed by atoms with Gasteiger partial charge in [-0.15, -0.1) is 0 Å². The van der Waals surface area contributed by atoms with Gasteiger partial charge in [-0.2, -0.15) is 0 Å². The van der Waals surface area contributed by atoms with Crippen molar-refractivity contribution in [1.29, 1.82) is 0 Å². The molecule has 2 amide bonds. The van der Waals surface area contributed by atoms with E-state index in [2.05, 4.69) is 0 Å². The summed E-state index contributed by atoms with van der Waals surface area (Å²) < 4.78 is 69.2. The van der Waals surface area contributed by atoms with Crippen molar-refractivity contribution >= 4 is 65.9 Å². The van der Waals surface area contributed by atoms with Crippen molar-refractivity contribution < 1.29 is 55.7 Å². The normalized spacial score (nSPS) is 12.7. The Morgan fingerprint density at radius 1 is 0.643 bits per heavy atom. The predicted octanol–water partition coefficient (Wildman–Crippen LogP) is 4.65. The van der Waals surface area contributed by atoms with Crippen molar-refractivity contribution in [3.05, 3.63) is 120 Å². The summed E-state index contributed by atoms with van der Waals surface area (Å²) in [6, 6.07) is 24.2. The molecule has 0 spiro atoms. The van der Waals surface area contributed by atoms with Gasteiger partial charge in [-0.3, -0.25) is 32.7 Å². The Kier molecular flexibility index (Phi) is 11.0. The number of sulfonamides is 2. The molecule has 1 aliphatic heterocycles. The van der Waals surface area contributed by atoms with Crippen LogP contribution in [0.15, 0.2) is 113 Å². The summed E-state index contributed by atoms with van der Waals surface area (Å²) in [5.41, 5.74) is 0.265. The number of anilines is 2. The lowest BCUT2D eigenvalue weighted by Gasteiger charge is -2.30. The fourth-order valence-electron chi connectivity index (χ4n) is 6.54. The molecule has 0 aliphatic carbocycles. The molecule has 1 heterocycles. The fourth-order valence-corrected chi connectivity index (χ4v) is 9.43. The lowest BCUT2D eigenvalue weighted by atomic mass is 9.98. The SMILES string of the molecule is COc1ccc(S(=O)(=O)N(CC(=O)O)c2cc(CCCN3C(=O)c4ccccc4C3=O)c(N(CC(=O)O)S(=O)(=O)c3ccc(OC)cc3)c3ccccc23)cc1. The summed E-state index contributed by atoms with van der Waals surface area (Å²) in [6.45, 7) is -2.25. The third kappa shape index (κ3) is 7.45. The second-order valence-electron chi connectivity index (χ2n) is 12.5. The quantitative estimate of drug-likeness (QED) is 0.131. The van der Waals surface area contributed by atoms with Crippen LogP contribution in [0.2, 0.25) is 0 Å². The van der Waals surface area contributed by atoms with E-state index in [0.717, 1.165) is 4.90 Å². The number of carbonyl (C=O) groups is 4. The number of benzene rings is 5. The van der Waals surface area contributed by atoms with Crippen LogP contribution in [0.4, 0.5) is 11.4 Å². The van der Waals surface area contributed by atoms with Crippen LogP contribution < -0.4 is 18.1 Å². The number of ether oxygens (including phenoxy) is 2. The number of hydrogen-bond acceptors (Lipinski definition) is 10. The standard InChI is InChI=1S/C39H35N3O12S2/c1-53-26-13-17-28(18-14-26)55(49,50)41(23-35(43)44)34-22-25(8-7-21-40-38(47)32-11-5-6-12-33(32)39(40)48)37(31-10-4-3-9-30(31)34)42(24-36(45)46)56(51,52)29-19-15-27(54-2)16-20-29/h3-6,9-20,22H,7-8,21,23-24H2,1-2H3,(H,43,44)(H,45,46). The van der Waals surface area contributed by atoms with Gasteiger partial charge < -0.3 is 19.7 Å². The summed E-state index contributed by atoms with van der Waals surface area (Å²) in [7, 11) is -6.51. The molecular weight excluding hydrogens is 767 g/mol. The first-order valence-electron chi connectivity index (χ1n) is 17.0. The predicted molar refractivity (Wildman–Crippen MR) is 204 cm³/mol. The summed E-state index contributed by atoms with van der Waals surface area (Å²) >= 11 is 0. The second-order valence-corrected chi connectivity index (χ2v) is 16.2. The molecule has 56 heavy (non-hydrogen) atoms. The van der Waals surface area contributed by atoms with Crippen molar-refractivity contribution in [2.24, 2.45) is 0 Å². The second kappa shape index (κ2) is 15.7. The van der Waals surface area contributed by atoms with Crippen LogP contribution in [-0.2, 0) is 36.1 Å². The largest absolute Gasteiger partial charge is 0.497 e. The van der Waals surface area contributed by atoms with Gasteiger partial charge in [0.1, 0.15) is 24.6 Å². The van der Waals surface area contributed by atoms with Gasteiger partial charge in [-0.1, -0.05) is 36.4 Å². The van der Waals surface area contributed by atoms with Gasteiger partial charge in [0.15, 0.2) is 0 Å². The van der Waals surface area contributed by atoms with E-state index in [-0.39, 0.29) is 68.0 Å². The van der Waals surface area contributed by atoms with Gasteiger partial charge in [0.25, 0.3) is 31.9 Å². The smallest absolute Gasteiger partial charge is 0.324 e. The van der Waals surface area contributed by atoms with E-state index in [1.165, 1.54) is 105 Å². The number of aryl methyl sites for hydroxylation is 1. The molecule has 290 valence electrons. The highest BCUT2D eigenvalue weighted by atomic mass is 32.2. The molecule has 0 unspecified atom stereocenters. The molecule has 15 nitrogen and oxygen atoms in total. The number of nitrogens with zero attached hydrogens (tertiary/aromatic N) is 3. The highest BCUT2D eigenvalue weighted by Gasteiger charge is 2.36. The lowest BCUT2D eigenvalue weighted by molar-refractivity contribution is -0.136. The first-order valence-corrected chi connectivity index (χ1v) is 19.8. The van der Waals surface area contributed by atoms with Crippen LogP contribution in [0.3, 0.4) is 0 Å². The molecule has 1 aliphatic rings. The summed E-state index contributed by atoms with van der Waals surface area (Å²) in [6.07, 6.45) is -0.109. The molecule has 0 bridgehead atoms. The zero-order valence-corrected chi connectivity index (χ0v) is 31.6. The number of carbonyl (C=O) groups excluding carboxylic acids is 2. The number of fused-ring (bicyclic) bond motifs is 2. The van der Waals surface area contributed by atoms with E-state index in [1.54, 1.807) is 12.1 Å². The number of aliphatic carboxylic acids is 2. The minimum atomic E-state index is -4.67. The maximum absolute atomic E-state index is 14.4. The molecule has 0 atom stereocenters. The Balaban J connectivity index is 1.56. The Hall–Kier alpha value is -6.46. The minimum Gasteiger partial charge on any atom is -0.497 e. The lowest BCUT2D eigenvalue weighted by Crippen LogP contribution is -2.38. The fraction of sp³-hybridized carbons (Fsp3) is 0.179. The monoisotopic (exact) mass is 801 g/mol. The van der Waals surface area contributed by atoms with Crippen LogP contribution in [-0.4, -0.2) is 89.6 Å². The third-order valence-corrected chi connectivity index (χ3v) is 12.7. The number of imide groups is 1. The maximum atomic E-state index is 14.4. The van der Waals surface area contributed by atoms with E-state index in [4.69, 9.17) is 9.47 Å². The zero-order chi connectivity index (χ0) is 40.4. The average Bonchev–Trinajstić information content (AvgIpc) is 3.43. The van der Waals surface area contributed by atoms with Crippen molar-refractivity contribution in [3.63, 3.8) is 0 Å². The first-order chi connectivity index (χ1) is 26.7. The van der Waals surface area contributed by atoms with E-state index < -0.39 is 56.9 Å². The molecule has 0 saturated heterocycles. The maximum Gasteiger partial charge on any atom is 0.324 e. The number of amides is 2. The Bertz CT molecular complexity index is 2540. The van der Waals surface area contributed by atoms with E-state index in [1.807, 2.05) is 0 Å². The van der Waals surface area contributed by atoms with E-state index in [0.29, 0.717) is 20.1 Å². The van der Waals surface area contributed by atoms with Gasteiger partial charge in [-0.05, 0) is 85.1 Å². The number of methoxy groups -OCH3 is 2. The van der Waals surface area contributed by atoms with Gasteiger partial charge in [0.2, 0.25) is 0 Å². The van der Waals surface area contributed by atoms with Crippen LogP contribution >= 0.6 is 0 Å². The van der Waals surface area contributed by atoms with Crippen LogP contribution in [0, 0.1) is 0 Å². The summed E-state index contributed by atoms with van der Waals surface area (Å²) in [5.74, 6) is -3.39. The van der Waals surface area contributed by atoms with Crippen LogP contribution in [0.25, 0.3) is 10.8 Å². The molecule has 0 aromatic heterocycles. The molecule has 6 rings (SSSR count). The molecule has 2 N–H and O–H groups in total. The third-order valence-electron chi connectivity index (χ3n) is 9.15. The summed E-state index contributed by atoms with van der Waals surface area (Å²) in [5, 5.41) is 20.3. The average molecular weight is 802 g/mol. The van der Waals surface area contributed by atoms with Crippen molar-refractivity contribution in [2.75, 3.05) is 42.5 Å². The summed E-state index contributed by atoms with van der Waals surface area (Å²) in [4.78, 5) is 51.6. The van der Waals surface area contributed by atoms with Crippen LogP contribution in [0.1, 0.15) is 32.7 Å². The first kappa shape index (κ1) is 39.2. The van der Waals surface area contributed by atoms with Gasteiger partial charge in [0.05, 0.1) is 46.5 Å². The number of rotatable bonds is 16. The highest BCUT2D eigenvalue weighted by molar-refractivity contribution is 7.93. The van der Waals surface area contributed by atoms with E-state index in [9.17, 15) is 46.2 Å². The molecule has 0 radical (unpaired) electrons. The molecule has 5 aromatic carbocycles. The minimum absolute atomic E-state index is 0.0178. The Labute approximate surface area is 322 Å². The highest BCUT2D eigenvalue weighted by Crippen LogP contribution is 2.42. The number of hydrogen-bond donors (Lipinski definition) is 2. The van der Waals surface area contributed by atoms with Crippen molar-refractivity contribution in [3.8, 4) is 11.5 Å². The zero-order valence-electron chi connectivity index (χ0n) is 30.0. The molecular formula is C39H35N3O12S2. The molecule has 5 aromatic rings. The van der Waals surface area contributed by atoms with Crippen LogP contribution in [0.5, 0.6) is 11.5 Å². The van der Waals surface area contributed by atoms with E-state index >= 15 is 0 Å². The Morgan fingerprint density at radius 3 is 1.57 bits per heavy atom.